The van der Waals surface area contributed by atoms with Gasteiger partial charge in [0.25, 0.3) is 5.91 Å². The van der Waals surface area contributed by atoms with Crippen molar-refractivity contribution in [1.82, 2.24) is 5.32 Å². The fourth-order valence-electron chi connectivity index (χ4n) is 1.51. The topological polar surface area (TPSA) is 89.3 Å². The maximum atomic E-state index is 13.8. The van der Waals surface area contributed by atoms with Crippen molar-refractivity contribution in [2.75, 3.05) is 6.54 Å². The van der Waals surface area contributed by atoms with E-state index in [4.69, 9.17) is 5.14 Å². The molecule has 8 heteroatoms. The van der Waals surface area contributed by atoms with Gasteiger partial charge in [-0.2, -0.15) is 0 Å². The summed E-state index contributed by atoms with van der Waals surface area (Å²) in [5.74, 6) is -0.911. The highest BCUT2D eigenvalue weighted by Gasteiger charge is 2.21. The number of carbonyl (C=O) groups is 1. The Kier molecular flexibility index (Phi) is 5.89. The minimum Gasteiger partial charge on any atom is -0.352 e. The largest absolute Gasteiger partial charge is 0.352 e. The summed E-state index contributed by atoms with van der Waals surface area (Å²) in [6.45, 7) is 6.35. The lowest BCUT2D eigenvalue weighted by Crippen LogP contribution is -2.31. The number of carbonyl (C=O) groups excluding carboxylic acids is 1. The van der Waals surface area contributed by atoms with Crippen molar-refractivity contribution in [2.24, 2.45) is 17.0 Å². The number of benzene rings is 1. The lowest BCUT2D eigenvalue weighted by atomic mass is 9.98. The summed E-state index contributed by atoms with van der Waals surface area (Å²) < 4.78 is 36.6. The second-order valence-electron chi connectivity index (χ2n) is 5.24. The van der Waals surface area contributed by atoms with Crippen molar-refractivity contribution in [3.05, 3.63) is 28.0 Å². The number of nitrogens with one attached hydrogen (secondary N) is 1. The molecule has 0 fully saturated rings. The van der Waals surface area contributed by atoms with Gasteiger partial charge >= 0.3 is 0 Å². The second kappa shape index (κ2) is 6.85. The zero-order valence-electron chi connectivity index (χ0n) is 12.0. The van der Waals surface area contributed by atoms with Gasteiger partial charge in [-0.25, -0.2) is 17.9 Å². The maximum absolute atomic E-state index is 13.8. The van der Waals surface area contributed by atoms with E-state index in [-0.39, 0.29) is 20.8 Å². The Morgan fingerprint density at radius 3 is 2.43 bits per heavy atom. The van der Waals surface area contributed by atoms with Crippen LogP contribution in [0.2, 0.25) is 0 Å². The quantitative estimate of drug-likeness (QED) is 0.820. The molecule has 1 amide bonds. The van der Waals surface area contributed by atoms with Crippen molar-refractivity contribution in [1.29, 1.82) is 0 Å². The predicted octanol–water partition coefficient (Wildman–Crippen LogP) is 2.26. The highest BCUT2D eigenvalue weighted by molar-refractivity contribution is 9.10. The summed E-state index contributed by atoms with van der Waals surface area (Å²) in [5, 5.41) is 7.62. The average Bonchev–Trinajstić information content (AvgIpc) is 2.33. The fraction of sp³-hybridized carbons (Fsp3) is 0.462. The van der Waals surface area contributed by atoms with E-state index in [1.807, 2.05) is 20.8 Å². The Balaban J connectivity index is 3.05. The molecule has 0 saturated heterocycles. The molecule has 3 N–H and O–H groups in total. The molecule has 0 radical (unpaired) electrons. The minimum atomic E-state index is -4.04. The van der Waals surface area contributed by atoms with Gasteiger partial charge in [0.05, 0.1) is 10.5 Å². The number of primary sulfonamides is 1. The first kappa shape index (κ1) is 18.1. The molecule has 0 heterocycles. The number of sulfonamides is 1. The van der Waals surface area contributed by atoms with Crippen LogP contribution in [0.25, 0.3) is 0 Å². The van der Waals surface area contributed by atoms with Crippen molar-refractivity contribution < 1.29 is 17.6 Å². The molecule has 1 aromatic carbocycles. The summed E-state index contributed by atoms with van der Waals surface area (Å²) in [7, 11) is -4.04. The van der Waals surface area contributed by atoms with E-state index in [9.17, 15) is 17.6 Å². The van der Waals surface area contributed by atoms with Crippen molar-refractivity contribution in [2.45, 2.75) is 25.7 Å². The monoisotopic (exact) mass is 380 g/mol. The van der Waals surface area contributed by atoms with Crippen LogP contribution in [0.15, 0.2) is 21.5 Å². The minimum absolute atomic E-state index is 0.0189. The van der Waals surface area contributed by atoms with Gasteiger partial charge < -0.3 is 5.32 Å². The van der Waals surface area contributed by atoms with Crippen LogP contribution in [0.5, 0.6) is 0 Å². The first-order valence-corrected chi connectivity index (χ1v) is 8.68. The third-order valence-electron chi connectivity index (χ3n) is 3.30. The predicted molar refractivity (Wildman–Crippen MR) is 81.8 cm³/mol. The highest BCUT2D eigenvalue weighted by Crippen LogP contribution is 2.24. The van der Waals surface area contributed by atoms with Crippen LogP contribution in [0.1, 0.15) is 31.1 Å². The van der Waals surface area contributed by atoms with Crippen LogP contribution in [0, 0.1) is 17.7 Å². The van der Waals surface area contributed by atoms with E-state index in [1.54, 1.807) is 0 Å². The SMILES string of the molecule is CC(C)C(C)CNC(=O)c1cc(S(N)(=O)=O)c(Br)cc1F. The van der Waals surface area contributed by atoms with Gasteiger partial charge in [-0.1, -0.05) is 20.8 Å². The van der Waals surface area contributed by atoms with Gasteiger partial charge in [0.15, 0.2) is 0 Å². The van der Waals surface area contributed by atoms with Crippen molar-refractivity contribution >= 4 is 31.9 Å². The standard InChI is InChI=1S/C13H18BrFN2O3S/c1-7(2)8(3)6-17-13(18)9-4-12(21(16,19)20)10(14)5-11(9)15/h4-5,7-8H,6H2,1-3H3,(H,17,18)(H2,16,19,20). The molecule has 0 spiro atoms. The van der Waals surface area contributed by atoms with Crippen LogP contribution >= 0.6 is 15.9 Å². The molecule has 1 aromatic rings. The molecule has 0 saturated carbocycles. The zero-order valence-corrected chi connectivity index (χ0v) is 14.4. The molecule has 0 aromatic heterocycles. The van der Waals surface area contributed by atoms with Gasteiger partial charge in [0, 0.05) is 11.0 Å². The Labute approximate surface area is 132 Å². The summed E-state index contributed by atoms with van der Waals surface area (Å²) >= 11 is 2.92. The molecule has 5 nitrogen and oxygen atoms in total. The molecule has 0 aliphatic rings. The number of hydrogen-bond donors (Lipinski definition) is 2. The van der Waals surface area contributed by atoms with Crippen LogP contribution in [-0.4, -0.2) is 20.9 Å². The zero-order chi connectivity index (χ0) is 16.4. The Morgan fingerprint density at radius 2 is 1.95 bits per heavy atom. The Bertz CT molecular complexity index is 647. The van der Waals surface area contributed by atoms with Gasteiger partial charge in [-0.3, -0.25) is 4.79 Å². The van der Waals surface area contributed by atoms with Crippen molar-refractivity contribution in [3.8, 4) is 0 Å². The van der Waals surface area contributed by atoms with Crippen LogP contribution in [0.3, 0.4) is 0 Å². The third-order valence-corrected chi connectivity index (χ3v) is 5.16. The fourth-order valence-corrected chi connectivity index (χ4v) is 3.11. The molecule has 0 aliphatic carbocycles. The van der Waals surface area contributed by atoms with E-state index in [0.717, 1.165) is 12.1 Å². The molecule has 21 heavy (non-hydrogen) atoms. The molecule has 118 valence electrons. The van der Waals surface area contributed by atoms with Gasteiger partial charge in [-0.05, 0) is 39.9 Å². The van der Waals surface area contributed by atoms with E-state index in [0.29, 0.717) is 12.5 Å². The molecule has 1 unspecified atom stereocenters. The molecule has 0 bridgehead atoms. The van der Waals surface area contributed by atoms with Crippen LogP contribution in [-0.2, 0) is 10.0 Å². The van der Waals surface area contributed by atoms with Gasteiger partial charge in [-0.15, -0.1) is 0 Å². The number of rotatable bonds is 5. The average molecular weight is 381 g/mol. The number of hydrogen-bond acceptors (Lipinski definition) is 3. The third kappa shape index (κ3) is 4.76. The van der Waals surface area contributed by atoms with Crippen LogP contribution in [0.4, 0.5) is 4.39 Å². The lowest BCUT2D eigenvalue weighted by molar-refractivity contribution is 0.0940. The van der Waals surface area contributed by atoms with Crippen molar-refractivity contribution in [3.63, 3.8) is 0 Å². The Hall–Kier alpha value is -0.990. The summed E-state index contributed by atoms with van der Waals surface area (Å²) in [5.41, 5.74) is -0.349. The van der Waals surface area contributed by atoms with E-state index >= 15 is 0 Å². The maximum Gasteiger partial charge on any atom is 0.254 e. The highest BCUT2D eigenvalue weighted by atomic mass is 79.9. The number of halogens is 2. The van der Waals surface area contributed by atoms with E-state index < -0.39 is 21.7 Å². The summed E-state index contributed by atoms with van der Waals surface area (Å²) in [6, 6.07) is 1.85. The normalized spacial score (nSPS) is 13.3. The van der Waals surface area contributed by atoms with Gasteiger partial charge in [0.2, 0.25) is 10.0 Å². The molecule has 1 rings (SSSR count). The lowest BCUT2D eigenvalue weighted by Gasteiger charge is -2.16. The Morgan fingerprint density at radius 1 is 1.38 bits per heavy atom. The van der Waals surface area contributed by atoms with E-state index in [1.165, 1.54) is 0 Å². The van der Waals surface area contributed by atoms with Gasteiger partial charge in [0.1, 0.15) is 5.82 Å². The summed E-state index contributed by atoms with van der Waals surface area (Å²) in [6.07, 6.45) is 0. The van der Waals surface area contributed by atoms with Crippen LogP contribution < -0.4 is 10.5 Å². The molecule has 1 atom stereocenters. The second-order valence-corrected chi connectivity index (χ2v) is 7.62. The molecule has 0 aliphatic heterocycles. The first-order chi connectivity index (χ1) is 9.54. The number of nitrogens with two attached hydrogens (primary N) is 1. The molecular formula is C13H18BrFN2O3S. The number of amides is 1. The molecular weight excluding hydrogens is 363 g/mol. The first-order valence-electron chi connectivity index (χ1n) is 6.34. The smallest absolute Gasteiger partial charge is 0.254 e. The summed E-state index contributed by atoms with van der Waals surface area (Å²) in [4.78, 5) is 11.7. The van der Waals surface area contributed by atoms with E-state index in [2.05, 4.69) is 21.2 Å².